The van der Waals surface area contributed by atoms with E-state index < -0.39 is 0 Å². The van der Waals surface area contributed by atoms with Gasteiger partial charge in [0.1, 0.15) is 0 Å². The predicted molar refractivity (Wildman–Crippen MR) is 103 cm³/mol. The number of nitrogens with zero attached hydrogens (tertiary/aromatic N) is 2. The number of aromatic nitrogens is 1. The Hall–Kier alpha value is -1.94. The van der Waals surface area contributed by atoms with E-state index in [9.17, 15) is 4.79 Å². The number of amides is 1. The van der Waals surface area contributed by atoms with Crippen molar-refractivity contribution in [3.8, 4) is 0 Å². The molecule has 1 N–H and O–H groups in total. The first-order chi connectivity index (χ1) is 11.9. The molecule has 4 nitrogen and oxygen atoms in total. The van der Waals surface area contributed by atoms with Gasteiger partial charge in [0.15, 0.2) is 0 Å². The maximum atomic E-state index is 12.9. The molecule has 1 amide bonds. The molecule has 134 valence electrons. The number of pyridine rings is 1. The van der Waals surface area contributed by atoms with Crippen LogP contribution in [0.1, 0.15) is 48.3 Å². The van der Waals surface area contributed by atoms with Crippen LogP contribution in [0.15, 0.2) is 24.3 Å². The van der Waals surface area contributed by atoms with Crippen LogP contribution in [0.5, 0.6) is 0 Å². The fourth-order valence-corrected chi connectivity index (χ4v) is 3.85. The SMILES string of the molecule is Cc1ccc2nc(C)cc(C(=O)NC(C)CN3CCCC(C)C3)c2c1. The summed E-state index contributed by atoms with van der Waals surface area (Å²) in [5.74, 6) is 0.755. The van der Waals surface area contributed by atoms with Crippen molar-refractivity contribution >= 4 is 16.8 Å². The molecule has 0 spiro atoms. The van der Waals surface area contributed by atoms with Gasteiger partial charge in [0.25, 0.3) is 5.91 Å². The van der Waals surface area contributed by atoms with Crippen LogP contribution in [0.3, 0.4) is 0 Å². The predicted octanol–water partition coefficient (Wildman–Crippen LogP) is 3.70. The van der Waals surface area contributed by atoms with Crippen LogP contribution in [0.25, 0.3) is 10.9 Å². The molecule has 25 heavy (non-hydrogen) atoms. The average molecular weight is 339 g/mol. The van der Waals surface area contributed by atoms with Crippen molar-refractivity contribution in [1.29, 1.82) is 0 Å². The van der Waals surface area contributed by atoms with Gasteiger partial charge in [0.05, 0.1) is 11.1 Å². The summed E-state index contributed by atoms with van der Waals surface area (Å²) < 4.78 is 0. The van der Waals surface area contributed by atoms with E-state index in [-0.39, 0.29) is 11.9 Å². The second-order valence-corrected chi connectivity index (χ2v) is 7.71. The van der Waals surface area contributed by atoms with Crippen LogP contribution in [-0.2, 0) is 0 Å². The van der Waals surface area contributed by atoms with E-state index in [0.29, 0.717) is 0 Å². The number of piperidine rings is 1. The Bertz CT molecular complexity index is 771. The number of carbonyl (C=O) groups excluding carboxylic acids is 1. The fourth-order valence-electron chi connectivity index (χ4n) is 3.85. The van der Waals surface area contributed by atoms with Crippen LogP contribution in [0, 0.1) is 19.8 Å². The van der Waals surface area contributed by atoms with Crippen molar-refractivity contribution < 1.29 is 4.79 Å². The first-order valence-corrected chi connectivity index (χ1v) is 9.33. The number of benzene rings is 1. The number of rotatable bonds is 4. The van der Waals surface area contributed by atoms with Gasteiger partial charge in [-0.05, 0) is 64.3 Å². The van der Waals surface area contributed by atoms with Crippen LogP contribution in [0.4, 0.5) is 0 Å². The van der Waals surface area contributed by atoms with Crippen molar-refractivity contribution in [2.75, 3.05) is 19.6 Å². The molecule has 2 aromatic rings. The standard InChI is InChI=1S/C21H29N3O/c1-14-7-8-20-18(10-14)19(11-16(3)22-20)21(25)23-17(4)13-24-9-5-6-15(2)12-24/h7-8,10-11,15,17H,5-6,9,12-13H2,1-4H3,(H,23,25). The van der Waals surface area contributed by atoms with Gasteiger partial charge in [0.2, 0.25) is 0 Å². The highest BCUT2D eigenvalue weighted by molar-refractivity contribution is 6.06. The Labute approximate surface area is 150 Å². The Balaban J connectivity index is 1.74. The summed E-state index contributed by atoms with van der Waals surface area (Å²) in [5.41, 5.74) is 3.62. The van der Waals surface area contributed by atoms with E-state index in [1.54, 1.807) is 0 Å². The second-order valence-electron chi connectivity index (χ2n) is 7.71. The number of likely N-dealkylation sites (tertiary alicyclic amines) is 1. The van der Waals surface area contributed by atoms with Crippen LogP contribution < -0.4 is 5.32 Å². The Morgan fingerprint density at radius 1 is 1.36 bits per heavy atom. The highest BCUT2D eigenvalue weighted by atomic mass is 16.1. The summed E-state index contributed by atoms with van der Waals surface area (Å²) in [4.78, 5) is 19.9. The van der Waals surface area contributed by atoms with E-state index >= 15 is 0 Å². The molecular formula is C21H29N3O. The zero-order valence-corrected chi connectivity index (χ0v) is 15.8. The number of aryl methyl sites for hydroxylation is 2. The van der Waals surface area contributed by atoms with Crippen LogP contribution in [-0.4, -0.2) is 41.5 Å². The minimum Gasteiger partial charge on any atom is -0.348 e. The highest BCUT2D eigenvalue weighted by Crippen LogP contribution is 2.20. The van der Waals surface area contributed by atoms with Crippen molar-refractivity contribution in [3.05, 3.63) is 41.1 Å². The zero-order valence-electron chi connectivity index (χ0n) is 15.8. The molecule has 2 unspecified atom stereocenters. The molecular weight excluding hydrogens is 310 g/mol. The van der Waals surface area contributed by atoms with Gasteiger partial charge < -0.3 is 10.2 Å². The van der Waals surface area contributed by atoms with Crippen LogP contribution in [0.2, 0.25) is 0 Å². The molecule has 0 radical (unpaired) electrons. The van der Waals surface area contributed by atoms with Gasteiger partial charge in [0, 0.05) is 30.2 Å². The lowest BCUT2D eigenvalue weighted by Gasteiger charge is -2.32. The minimum absolute atomic E-state index is 0.00124. The van der Waals surface area contributed by atoms with Gasteiger partial charge in [-0.25, -0.2) is 0 Å². The average Bonchev–Trinajstić information content (AvgIpc) is 2.54. The van der Waals surface area contributed by atoms with E-state index in [4.69, 9.17) is 0 Å². The number of hydrogen-bond donors (Lipinski definition) is 1. The Morgan fingerprint density at radius 3 is 2.92 bits per heavy atom. The van der Waals surface area contributed by atoms with Crippen molar-refractivity contribution in [3.63, 3.8) is 0 Å². The molecule has 1 aliphatic rings. The molecule has 2 atom stereocenters. The van der Waals surface area contributed by atoms with E-state index in [1.165, 1.54) is 12.8 Å². The second kappa shape index (κ2) is 7.52. The summed E-state index contributed by atoms with van der Waals surface area (Å²) >= 11 is 0. The van der Waals surface area contributed by atoms with E-state index in [1.807, 2.05) is 38.1 Å². The van der Waals surface area contributed by atoms with Crippen molar-refractivity contribution in [2.45, 2.75) is 46.6 Å². The van der Waals surface area contributed by atoms with Gasteiger partial charge in [-0.3, -0.25) is 9.78 Å². The summed E-state index contributed by atoms with van der Waals surface area (Å²) in [7, 11) is 0. The maximum Gasteiger partial charge on any atom is 0.252 e. The Morgan fingerprint density at radius 2 is 2.16 bits per heavy atom. The molecule has 1 aliphatic heterocycles. The lowest BCUT2D eigenvalue weighted by atomic mass is 10.00. The first-order valence-electron chi connectivity index (χ1n) is 9.33. The zero-order chi connectivity index (χ0) is 18.0. The van der Waals surface area contributed by atoms with Gasteiger partial charge in [-0.15, -0.1) is 0 Å². The number of hydrogen-bond acceptors (Lipinski definition) is 3. The molecule has 1 fully saturated rings. The maximum absolute atomic E-state index is 12.9. The van der Waals surface area contributed by atoms with E-state index in [2.05, 4.69) is 29.0 Å². The lowest BCUT2D eigenvalue weighted by molar-refractivity contribution is 0.0921. The highest BCUT2D eigenvalue weighted by Gasteiger charge is 2.20. The molecule has 2 heterocycles. The van der Waals surface area contributed by atoms with E-state index in [0.717, 1.165) is 53.3 Å². The molecule has 0 aliphatic carbocycles. The van der Waals surface area contributed by atoms with Crippen molar-refractivity contribution in [2.24, 2.45) is 5.92 Å². The van der Waals surface area contributed by atoms with Crippen molar-refractivity contribution in [1.82, 2.24) is 15.2 Å². The van der Waals surface area contributed by atoms with Crippen LogP contribution >= 0.6 is 0 Å². The first kappa shape index (κ1) is 17.9. The summed E-state index contributed by atoms with van der Waals surface area (Å²) in [6.45, 7) is 11.6. The third-order valence-electron chi connectivity index (χ3n) is 4.99. The minimum atomic E-state index is -0.00124. The quantitative estimate of drug-likeness (QED) is 0.924. The summed E-state index contributed by atoms with van der Waals surface area (Å²) in [6.07, 6.45) is 2.58. The topological polar surface area (TPSA) is 45.2 Å². The fraction of sp³-hybridized carbons (Fsp3) is 0.524. The molecule has 1 aromatic carbocycles. The molecule has 0 saturated carbocycles. The number of nitrogens with one attached hydrogen (secondary N) is 1. The lowest BCUT2D eigenvalue weighted by Crippen LogP contribution is -2.45. The third-order valence-corrected chi connectivity index (χ3v) is 4.99. The summed E-state index contributed by atoms with van der Waals surface area (Å²) in [5, 5.41) is 4.12. The molecule has 4 heteroatoms. The van der Waals surface area contributed by atoms with Gasteiger partial charge in [-0.2, -0.15) is 0 Å². The van der Waals surface area contributed by atoms with Gasteiger partial charge in [-0.1, -0.05) is 18.6 Å². The number of fused-ring (bicyclic) bond motifs is 1. The molecule has 1 aromatic heterocycles. The normalized spacial score (nSPS) is 19.8. The smallest absolute Gasteiger partial charge is 0.252 e. The Kier molecular flexibility index (Phi) is 5.38. The monoisotopic (exact) mass is 339 g/mol. The third kappa shape index (κ3) is 4.37. The van der Waals surface area contributed by atoms with Gasteiger partial charge >= 0.3 is 0 Å². The molecule has 3 rings (SSSR count). The summed E-state index contributed by atoms with van der Waals surface area (Å²) in [6, 6.07) is 8.11. The largest absolute Gasteiger partial charge is 0.348 e. The molecule has 1 saturated heterocycles. The number of carbonyl (C=O) groups is 1. The molecule has 0 bridgehead atoms.